The number of fused-ring (bicyclic) bond motifs is 1. The predicted molar refractivity (Wildman–Crippen MR) is 70.6 cm³/mol. The molecule has 2 aromatic carbocycles. The molecule has 0 amide bonds. The minimum atomic E-state index is -0.0224. The number of benzene rings is 2. The van der Waals surface area contributed by atoms with Crippen LogP contribution in [0.15, 0.2) is 53.5 Å². The number of methoxy groups -OCH3 is 1. The molecule has 0 fully saturated rings. The van der Waals surface area contributed by atoms with Gasteiger partial charge in [0.15, 0.2) is 0 Å². The van der Waals surface area contributed by atoms with Crippen LogP contribution in [0, 0.1) is 0 Å². The normalized spacial score (nSPS) is 16.8. The van der Waals surface area contributed by atoms with E-state index in [9.17, 15) is 0 Å². The van der Waals surface area contributed by atoms with Gasteiger partial charge in [0.1, 0.15) is 11.9 Å². The number of nitrogens with one attached hydrogen (secondary N) is 1. The lowest BCUT2D eigenvalue weighted by molar-refractivity contribution is 0.414. The number of hydrogen-bond acceptors (Lipinski definition) is 3. The summed E-state index contributed by atoms with van der Waals surface area (Å²) in [5, 5.41) is 5.45. The Morgan fingerprint density at radius 2 is 1.83 bits per heavy atom. The van der Waals surface area contributed by atoms with Crippen LogP contribution in [0.5, 0.6) is 5.75 Å². The second-order valence-electron chi connectivity index (χ2n) is 4.17. The lowest BCUT2D eigenvalue weighted by atomic mass is 10.1. The first-order valence-corrected chi connectivity index (χ1v) is 5.90. The monoisotopic (exact) mass is 238 g/mol. The van der Waals surface area contributed by atoms with Crippen LogP contribution in [0.2, 0.25) is 0 Å². The van der Waals surface area contributed by atoms with E-state index in [-0.39, 0.29) is 6.17 Å². The third kappa shape index (κ3) is 1.95. The number of rotatable bonds is 2. The maximum Gasteiger partial charge on any atom is 0.145 e. The fraction of sp³-hybridized carbons (Fsp3) is 0.133. The van der Waals surface area contributed by atoms with Gasteiger partial charge in [-0.2, -0.15) is 0 Å². The maximum atomic E-state index is 5.15. The highest BCUT2D eigenvalue weighted by molar-refractivity contribution is 5.32. The van der Waals surface area contributed by atoms with Crippen LogP contribution in [-0.2, 0) is 0 Å². The molecule has 90 valence electrons. The molecule has 0 radical (unpaired) electrons. The zero-order valence-corrected chi connectivity index (χ0v) is 10.1. The Morgan fingerprint density at radius 3 is 2.61 bits per heavy atom. The molecule has 0 saturated heterocycles. The van der Waals surface area contributed by atoms with Gasteiger partial charge in [0.25, 0.3) is 0 Å². The third-order valence-electron chi connectivity index (χ3n) is 3.03. The van der Waals surface area contributed by atoms with Gasteiger partial charge in [-0.3, -0.25) is 4.99 Å². The van der Waals surface area contributed by atoms with E-state index < -0.39 is 0 Å². The summed E-state index contributed by atoms with van der Waals surface area (Å²) in [5.41, 5.74) is 1.13. The standard InChI is InChI=1S/C15H14N2O/c1-18-13-8-6-11(7-9-13)15-16-10-12-4-2-3-5-14(12)17-15/h2-10,15-16H,1H3. The van der Waals surface area contributed by atoms with Gasteiger partial charge in [-0.15, -0.1) is 0 Å². The van der Waals surface area contributed by atoms with Crippen LogP contribution in [0.3, 0.4) is 0 Å². The van der Waals surface area contributed by atoms with E-state index in [0.29, 0.717) is 0 Å². The Hall–Kier alpha value is -2.29. The van der Waals surface area contributed by atoms with E-state index in [1.807, 2.05) is 48.7 Å². The Bertz CT molecular complexity index is 662. The molecule has 3 rings (SSSR count). The number of hydrogen-bond donors (Lipinski definition) is 1. The summed E-state index contributed by atoms with van der Waals surface area (Å²) >= 11 is 0. The Morgan fingerprint density at radius 1 is 1.06 bits per heavy atom. The Balaban J connectivity index is 1.97. The van der Waals surface area contributed by atoms with E-state index in [0.717, 1.165) is 21.9 Å². The molecule has 3 nitrogen and oxygen atoms in total. The topological polar surface area (TPSA) is 33.6 Å². The molecule has 1 unspecified atom stereocenters. The lowest BCUT2D eigenvalue weighted by Crippen LogP contribution is -2.34. The molecular weight excluding hydrogens is 224 g/mol. The van der Waals surface area contributed by atoms with E-state index >= 15 is 0 Å². The van der Waals surface area contributed by atoms with Crippen LogP contribution >= 0.6 is 0 Å². The van der Waals surface area contributed by atoms with E-state index in [2.05, 4.69) is 16.4 Å². The molecule has 3 heteroatoms. The first-order chi connectivity index (χ1) is 8.86. The van der Waals surface area contributed by atoms with Gasteiger partial charge >= 0.3 is 0 Å². The van der Waals surface area contributed by atoms with Gasteiger partial charge in [-0.05, 0) is 23.8 Å². The highest BCUT2D eigenvalue weighted by Gasteiger charge is 2.10. The fourth-order valence-corrected chi connectivity index (χ4v) is 2.03. The second-order valence-corrected chi connectivity index (χ2v) is 4.17. The summed E-state index contributed by atoms with van der Waals surface area (Å²) < 4.78 is 5.15. The first-order valence-electron chi connectivity index (χ1n) is 5.90. The summed E-state index contributed by atoms with van der Waals surface area (Å²) in [6.45, 7) is 0. The quantitative estimate of drug-likeness (QED) is 0.857. The zero-order valence-electron chi connectivity index (χ0n) is 10.1. The smallest absolute Gasteiger partial charge is 0.145 e. The average molecular weight is 238 g/mol. The SMILES string of the molecule is COc1ccc(C2N=c3ccccc3=CN2)cc1. The second kappa shape index (κ2) is 4.53. The van der Waals surface area contributed by atoms with Crippen molar-refractivity contribution >= 4 is 6.20 Å². The van der Waals surface area contributed by atoms with Crippen LogP contribution < -0.4 is 20.6 Å². The molecule has 0 aromatic heterocycles. The molecule has 1 heterocycles. The van der Waals surface area contributed by atoms with Gasteiger partial charge in [0.05, 0.1) is 12.5 Å². The van der Waals surface area contributed by atoms with Gasteiger partial charge in [-0.1, -0.05) is 30.3 Å². The summed E-state index contributed by atoms with van der Waals surface area (Å²) in [6, 6.07) is 16.1. The molecule has 0 spiro atoms. The van der Waals surface area contributed by atoms with Crippen molar-refractivity contribution < 1.29 is 4.74 Å². The van der Waals surface area contributed by atoms with Crippen LogP contribution in [0.4, 0.5) is 0 Å². The summed E-state index contributed by atoms with van der Waals surface area (Å²) in [5.74, 6) is 0.860. The summed E-state index contributed by atoms with van der Waals surface area (Å²) in [6.07, 6.45) is 1.99. The molecule has 2 aromatic rings. The van der Waals surface area contributed by atoms with Crippen molar-refractivity contribution in [2.24, 2.45) is 4.99 Å². The summed E-state index contributed by atoms with van der Waals surface area (Å²) in [4.78, 5) is 4.69. The molecule has 1 atom stereocenters. The minimum absolute atomic E-state index is 0.0224. The van der Waals surface area contributed by atoms with Crippen molar-refractivity contribution in [1.82, 2.24) is 5.32 Å². The third-order valence-corrected chi connectivity index (χ3v) is 3.03. The van der Waals surface area contributed by atoms with Gasteiger partial charge in [0, 0.05) is 11.4 Å². The average Bonchev–Trinajstić information content (AvgIpc) is 2.47. The zero-order chi connectivity index (χ0) is 12.4. The fourth-order valence-electron chi connectivity index (χ4n) is 2.03. The highest BCUT2D eigenvalue weighted by Crippen LogP contribution is 2.18. The molecule has 18 heavy (non-hydrogen) atoms. The van der Waals surface area contributed by atoms with E-state index in [1.165, 1.54) is 0 Å². The van der Waals surface area contributed by atoms with Crippen molar-refractivity contribution in [1.29, 1.82) is 0 Å². The van der Waals surface area contributed by atoms with Gasteiger partial charge in [0.2, 0.25) is 0 Å². The molecular formula is C15H14N2O. The van der Waals surface area contributed by atoms with Crippen molar-refractivity contribution in [3.8, 4) is 5.75 Å². The molecule has 1 aliphatic rings. The summed E-state index contributed by atoms with van der Waals surface area (Å²) in [7, 11) is 1.67. The Kier molecular flexibility index (Phi) is 2.73. The molecule has 0 saturated carbocycles. The van der Waals surface area contributed by atoms with Crippen LogP contribution in [0.25, 0.3) is 6.20 Å². The minimum Gasteiger partial charge on any atom is -0.497 e. The molecule has 1 aliphatic heterocycles. The number of nitrogens with zero attached hydrogens (tertiary/aromatic N) is 1. The molecule has 0 bridgehead atoms. The van der Waals surface area contributed by atoms with Crippen molar-refractivity contribution in [2.75, 3.05) is 7.11 Å². The van der Waals surface area contributed by atoms with Crippen molar-refractivity contribution in [3.63, 3.8) is 0 Å². The van der Waals surface area contributed by atoms with Gasteiger partial charge < -0.3 is 10.1 Å². The Labute approximate surface area is 105 Å². The predicted octanol–water partition coefficient (Wildman–Crippen LogP) is 1.35. The van der Waals surface area contributed by atoms with Crippen LogP contribution in [-0.4, -0.2) is 7.11 Å². The highest BCUT2D eigenvalue weighted by atomic mass is 16.5. The number of para-hydroxylation sites is 1. The molecule has 1 N–H and O–H groups in total. The van der Waals surface area contributed by atoms with Crippen molar-refractivity contribution in [3.05, 3.63) is 64.7 Å². The lowest BCUT2D eigenvalue weighted by Gasteiger charge is -2.16. The molecule has 0 aliphatic carbocycles. The van der Waals surface area contributed by atoms with E-state index in [4.69, 9.17) is 4.74 Å². The first kappa shape index (κ1) is 10.8. The maximum absolute atomic E-state index is 5.15. The number of ether oxygens (including phenoxy) is 1. The van der Waals surface area contributed by atoms with Gasteiger partial charge in [-0.25, -0.2) is 0 Å². The largest absolute Gasteiger partial charge is 0.497 e. The van der Waals surface area contributed by atoms with Crippen LogP contribution in [0.1, 0.15) is 11.7 Å². The van der Waals surface area contributed by atoms with E-state index in [1.54, 1.807) is 7.11 Å². The van der Waals surface area contributed by atoms with Crippen molar-refractivity contribution in [2.45, 2.75) is 6.17 Å².